The lowest BCUT2D eigenvalue weighted by atomic mass is 10.0. The molecule has 9 nitrogen and oxygen atoms in total. The highest BCUT2D eigenvalue weighted by molar-refractivity contribution is 9.10. The van der Waals surface area contributed by atoms with Gasteiger partial charge >= 0.3 is 17.8 Å². The van der Waals surface area contributed by atoms with Gasteiger partial charge in [0.15, 0.2) is 0 Å². The van der Waals surface area contributed by atoms with Crippen molar-refractivity contribution in [2.45, 2.75) is 44.9 Å². The average molecular weight is 697 g/mol. The highest BCUT2D eigenvalue weighted by Crippen LogP contribution is 2.45. The van der Waals surface area contributed by atoms with Crippen molar-refractivity contribution in [2.75, 3.05) is 13.1 Å². The molecule has 2 aromatic carbocycles. The van der Waals surface area contributed by atoms with Crippen LogP contribution >= 0.6 is 27.5 Å². The number of carbonyl (C=O) groups excluding carboxylic acids is 1. The summed E-state index contributed by atoms with van der Waals surface area (Å²) in [5, 5.41) is 12.0. The maximum atomic E-state index is 13.9. The standard InChI is InChI=1S/C28H29BrClN5O2.C2HF3O2/c1-18-25(30)23-16-24(34(28(37)35(23)32-18)17-19-6-3-2-4-7-19)26(20-8-9-20)33(15-5-14-31)27(36)21-10-12-22(29)13-11-21;3-2(4,5)1(6)7/h2-4,6-7,10-13,16,20,26H,5,8-9,14-15,17,31H2,1H3;(H,6,7). The Morgan fingerprint density at radius 2 is 1.77 bits per heavy atom. The monoisotopic (exact) mass is 695 g/mol. The topological polar surface area (TPSA) is 123 Å². The van der Waals surface area contributed by atoms with E-state index in [4.69, 9.17) is 27.2 Å². The van der Waals surface area contributed by atoms with Crippen molar-refractivity contribution in [2.24, 2.45) is 11.7 Å². The zero-order valence-corrected chi connectivity index (χ0v) is 25.9. The molecular formula is C30H30BrClF3N5O4. The van der Waals surface area contributed by atoms with E-state index in [1.807, 2.05) is 65.6 Å². The Balaban J connectivity index is 0.000000566. The summed E-state index contributed by atoms with van der Waals surface area (Å²) >= 11 is 10.1. The van der Waals surface area contributed by atoms with Gasteiger partial charge in [-0.3, -0.25) is 9.36 Å². The third-order valence-corrected chi connectivity index (χ3v) is 8.11. The summed E-state index contributed by atoms with van der Waals surface area (Å²) < 4.78 is 35.8. The van der Waals surface area contributed by atoms with Gasteiger partial charge in [0.2, 0.25) is 0 Å². The van der Waals surface area contributed by atoms with Crippen LogP contribution in [0.5, 0.6) is 0 Å². The first kappa shape index (κ1) is 33.2. The van der Waals surface area contributed by atoms with Gasteiger partial charge in [-0.05, 0) is 74.5 Å². The predicted octanol–water partition coefficient (Wildman–Crippen LogP) is 5.84. The first-order chi connectivity index (χ1) is 20.8. The number of nitrogens with zero attached hydrogens (tertiary/aromatic N) is 4. The van der Waals surface area contributed by atoms with Crippen molar-refractivity contribution >= 4 is 44.9 Å². The molecule has 44 heavy (non-hydrogen) atoms. The van der Waals surface area contributed by atoms with Gasteiger partial charge in [0.05, 0.1) is 28.8 Å². The number of carbonyl (C=O) groups is 2. The fourth-order valence-corrected chi connectivity index (χ4v) is 5.30. The van der Waals surface area contributed by atoms with Crippen LogP contribution < -0.4 is 11.4 Å². The second-order valence-corrected chi connectivity index (χ2v) is 11.6. The van der Waals surface area contributed by atoms with Crippen LogP contribution in [0.25, 0.3) is 5.52 Å². The predicted molar refractivity (Wildman–Crippen MR) is 163 cm³/mol. The normalized spacial score (nSPS) is 13.7. The summed E-state index contributed by atoms with van der Waals surface area (Å²) in [6, 6.07) is 18.9. The first-order valence-electron chi connectivity index (χ1n) is 13.7. The van der Waals surface area contributed by atoms with Gasteiger partial charge in [-0.1, -0.05) is 57.9 Å². The summed E-state index contributed by atoms with van der Waals surface area (Å²) in [7, 11) is 0. The van der Waals surface area contributed by atoms with Crippen LogP contribution in [0, 0.1) is 12.8 Å². The van der Waals surface area contributed by atoms with Crippen molar-refractivity contribution in [3.63, 3.8) is 0 Å². The lowest BCUT2D eigenvalue weighted by Crippen LogP contribution is -2.41. The largest absolute Gasteiger partial charge is 0.490 e. The second kappa shape index (κ2) is 14.0. The molecule has 1 aliphatic carbocycles. The Morgan fingerprint density at radius 3 is 2.32 bits per heavy atom. The number of amides is 1. The summed E-state index contributed by atoms with van der Waals surface area (Å²) in [6.45, 7) is 3.11. The molecule has 3 N–H and O–H groups in total. The van der Waals surface area contributed by atoms with Gasteiger partial charge in [0, 0.05) is 22.3 Å². The van der Waals surface area contributed by atoms with E-state index < -0.39 is 12.1 Å². The first-order valence-corrected chi connectivity index (χ1v) is 14.9. The van der Waals surface area contributed by atoms with Crippen LogP contribution in [0.4, 0.5) is 13.2 Å². The quantitative estimate of drug-likeness (QED) is 0.227. The number of aliphatic carboxylic acids is 1. The molecule has 1 fully saturated rings. The van der Waals surface area contributed by atoms with Gasteiger partial charge < -0.3 is 15.7 Å². The molecule has 0 radical (unpaired) electrons. The zero-order chi connectivity index (χ0) is 32.2. The van der Waals surface area contributed by atoms with Crippen molar-refractivity contribution in [1.82, 2.24) is 19.1 Å². The Hall–Kier alpha value is -3.68. The molecule has 1 saturated carbocycles. The van der Waals surface area contributed by atoms with E-state index in [1.54, 1.807) is 11.5 Å². The molecule has 2 heterocycles. The Labute approximate surface area is 264 Å². The van der Waals surface area contributed by atoms with Gasteiger partial charge in [-0.15, -0.1) is 0 Å². The second-order valence-electron chi connectivity index (χ2n) is 10.4. The number of hydrogen-bond acceptors (Lipinski definition) is 5. The SMILES string of the molecule is Cc1nn2c(=O)n(Cc3ccccc3)c(C(C3CC3)N(CCCN)C(=O)c3ccc(Br)cc3)cc2c1Cl.O=C(O)C(F)(F)F. The van der Waals surface area contributed by atoms with Gasteiger partial charge in [0.1, 0.15) is 0 Å². The van der Waals surface area contributed by atoms with Crippen LogP contribution in [0.15, 0.2) is 69.9 Å². The molecule has 1 unspecified atom stereocenters. The number of benzene rings is 2. The van der Waals surface area contributed by atoms with E-state index in [0.29, 0.717) is 47.9 Å². The molecule has 0 aliphatic heterocycles. The molecule has 4 aromatic rings. The van der Waals surface area contributed by atoms with Crippen molar-refractivity contribution < 1.29 is 27.9 Å². The molecule has 0 spiro atoms. The number of halogens is 5. The number of nitrogens with two attached hydrogens (primary N) is 1. The number of aromatic nitrogens is 3. The van der Waals surface area contributed by atoms with Gasteiger partial charge in [-0.2, -0.15) is 22.8 Å². The number of aryl methyl sites for hydroxylation is 1. The van der Waals surface area contributed by atoms with Crippen molar-refractivity contribution in [3.8, 4) is 0 Å². The Bertz CT molecular complexity index is 1690. The minimum Gasteiger partial charge on any atom is -0.475 e. The minimum atomic E-state index is -5.08. The third-order valence-electron chi connectivity index (χ3n) is 7.12. The summed E-state index contributed by atoms with van der Waals surface area (Å²) in [5.41, 5.74) is 9.13. The van der Waals surface area contributed by atoms with Gasteiger partial charge in [-0.25, -0.2) is 9.59 Å². The number of fused-ring (bicyclic) bond motifs is 1. The molecule has 1 amide bonds. The smallest absolute Gasteiger partial charge is 0.475 e. The number of alkyl halides is 3. The molecule has 14 heteroatoms. The molecule has 5 rings (SSSR count). The average Bonchev–Trinajstić information content (AvgIpc) is 3.78. The zero-order valence-electron chi connectivity index (χ0n) is 23.6. The number of carboxylic acid groups (broad SMARTS) is 1. The van der Waals surface area contributed by atoms with E-state index in [0.717, 1.165) is 28.6 Å². The fourth-order valence-electron chi connectivity index (χ4n) is 4.86. The van der Waals surface area contributed by atoms with Crippen LogP contribution in [-0.4, -0.2) is 55.3 Å². The summed E-state index contributed by atoms with van der Waals surface area (Å²) in [4.78, 5) is 38.6. The molecule has 2 aromatic heterocycles. The van der Waals surface area contributed by atoms with Crippen LogP contribution in [0.2, 0.25) is 5.02 Å². The van der Waals surface area contributed by atoms with Crippen LogP contribution in [0.1, 0.15) is 52.6 Å². The summed E-state index contributed by atoms with van der Waals surface area (Å²) in [6.07, 6.45) is -2.47. The molecule has 0 bridgehead atoms. The number of hydrogen-bond donors (Lipinski definition) is 2. The third kappa shape index (κ3) is 7.69. The van der Waals surface area contributed by atoms with Crippen molar-refractivity contribution in [3.05, 3.63) is 103 Å². The lowest BCUT2D eigenvalue weighted by molar-refractivity contribution is -0.192. The summed E-state index contributed by atoms with van der Waals surface area (Å²) in [5.74, 6) is -2.59. The Morgan fingerprint density at radius 1 is 1.16 bits per heavy atom. The van der Waals surface area contributed by atoms with Gasteiger partial charge in [0.25, 0.3) is 5.91 Å². The number of rotatable bonds is 9. The van der Waals surface area contributed by atoms with Crippen molar-refractivity contribution in [1.29, 1.82) is 0 Å². The molecule has 234 valence electrons. The molecule has 1 atom stereocenters. The van der Waals surface area contributed by atoms with E-state index in [1.165, 1.54) is 4.52 Å². The highest BCUT2D eigenvalue weighted by Gasteiger charge is 2.41. The van der Waals surface area contributed by atoms with E-state index in [9.17, 15) is 22.8 Å². The van der Waals surface area contributed by atoms with E-state index >= 15 is 0 Å². The fraction of sp³-hybridized carbons (Fsp3) is 0.333. The highest BCUT2D eigenvalue weighted by atomic mass is 79.9. The molecule has 1 aliphatic rings. The maximum absolute atomic E-state index is 13.9. The van der Waals surface area contributed by atoms with E-state index in [-0.39, 0.29) is 23.6 Å². The van der Waals surface area contributed by atoms with Crippen LogP contribution in [-0.2, 0) is 11.3 Å². The number of carboxylic acids is 1. The molecular weight excluding hydrogens is 667 g/mol. The Kier molecular flexibility index (Phi) is 10.5. The van der Waals surface area contributed by atoms with Crippen LogP contribution in [0.3, 0.4) is 0 Å². The lowest BCUT2D eigenvalue weighted by Gasteiger charge is -2.34. The maximum Gasteiger partial charge on any atom is 0.490 e. The van der Waals surface area contributed by atoms with E-state index in [2.05, 4.69) is 21.0 Å². The minimum absolute atomic E-state index is 0.0766. The molecule has 0 saturated heterocycles.